The number of aromatic nitrogens is 3. The Morgan fingerprint density at radius 1 is 1.24 bits per heavy atom. The van der Waals surface area contributed by atoms with Gasteiger partial charge in [-0.3, -0.25) is 18.7 Å². The number of nitrogens with zero attached hydrogens (tertiary/aromatic N) is 3. The summed E-state index contributed by atoms with van der Waals surface area (Å²) in [5.74, 6) is -4.08. The summed E-state index contributed by atoms with van der Waals surface area (Å²) in [6, 6.07) is 2.55. The van der Waals surface area contributed by atoms with Gasteiger partial charge in [0.15, 0.2) is 0 Å². The molecule has 3 N–H and O–H groups in total. The number of amides is 1. The van der Waals surface area contributed by atoms with Crippen molar-refractivity contribution in [3.05, 3.63) is 38.7 Å². The summed E-state index contributed by atoms with van der Waals surface area (Å²) in [6.07, 6.45) is 0. The number of nitrogens with one attached hydrogen (secondary N) is 1. The fourth-order valence-corrected chi connectivity index (χ4v) is 1.95. The lowest BCUT2D eigenvalue weighted by Gasteiger charge is -2.14. The predicted octanol–water partition coefficient (Wildman–Crippen LogP) is -0.200. The van der Waals surface area contributed by atoms with Crippen LogP contribution in [0, 0.1) is 0 Å². The van der Waals surface area contributed by atoms with Gasteiger partial charge in [-0.25, -0.2) is 18.6 Å². The van der Waals surface area contributed by atoms with Gasteiger partial charge in [0.25, 0.3) is 17.4 Å². The summed E-state index contributed by atoms with van der Waals surface area (Å²) in [5, 5.41) is 2.15. The van der Waals surface area contributed by atoms with Gasteiger partial charge < -0.3 is 11.1 Å². The van der Waals surface area contributed by atoms with Gasteiger partial charge in [-0.2, -0.15) is 0 Å². The fraction of sp³-hybridized carbons (Fsp3) is 0.385. The molecular weight excluding hydrogens is 383 g/mol. The summed E-state index contributed by atoms with van der Waals surface area (Å²) in [4.78, 5) is 39.6. The SMILES string of the molecule is Cl.Cl.Cn1c(=O)c2ccc(C(=O)NCC(F)(F)CN)nc2n(C)c1=O. The van der Waals surface area contributed by atoms with E-state index in [1.807, 2.05) is 5.32 Å². The van der Waals surface area contributed by atoms with Crippen LogP contribution in [0.5, 0.6) is 0 Å². The molecule has 1 amide bonds. The summed E-state index contributed by atoms with van der Waals surface area (Å²) >= 11 is 0. The highest BCUT2D eigenvalue weighted by Crippen LogP contribution is 2.10. The van der Waals surface area contributed by atoms with Crippen LogP contribution in [0.4, 0.5) is 8.78 Å². The first-order valence-electron chi connectivity index (χ1n) is 6.61. The summed E-state index contributed by atoms with van der Waals surface area (Å²) in [7, 11) is 2.71. The van der Waals surface area contributed by atoms with Crippen molar-refractivity contribution >= 4 is 41.8 Å². The molecule has 0 spiro atoms. The third kappa shape index (κ3) is 4.53. The van der Waals surface area contributed by atoms with Crippen molar-refractivity contribution in [1.29, 1.82) is 0 Å². The lowest BCUT2D eigenvalue weighted by Crippen LogP contribution is -2.42. The van der Waals surface area contributed by atoms with E-state index in [1.165, 1.54) is 26.2 Å². The molecule has 2 heterocycles. The molecule has 0 aliphatic heterocycles. The van der Waals surface area contributed by atoms with Crippen LogP contribution in [0.1, 0.15) is 10.5 Å². The number of carbonyl (C=O) groups excluding carboxylic acids is 1. The molecule has 0 atom stereocenters. The second-order valence-corrected chi connectivity index (χ2v) is 5.02. The summed E-state index contributed by atoms with van der Waals surface area (Å²) in [5.41, 5.74) is 3.52. The number of aryl methyl sites for hydroxylation is 1. The number of hydrogen-bond acceptors (Lipinski definition) is 5. The normalized spacial score (nSPS) is 10.8. The van der Waals surface area contributed by atoms with Crippen molar-refractivity contribution in [2.24, 2.45) is 19.8 Å². The van der Waals surface area contributed by atoms with Gasteiger partial charge in [-0.15, -0.1) is 24.8 Å². The van der Waals surface area contributed by atoms with E-state index in [2.05, 4.69) is 4.98 Å². The first kappa shape index (κ1) is 23.0. The van der Waals surface area contributed by atoms with E-state index in [9.17, 15) is 23.2 Å². The smallest absolute Gasteiger partial charge is 0.332 e. The number of nitrogens with two attached hydrogens (primary N) is 1. The van der Waals surface area contributed by atoms with E-state index in [4.69, 9.17) is 5.73 Å². The second-order valence-electron chi connectivity index (χ2n) is 5.02. The van der Waals surface area contributed by atoms with Crippen molar-refractivity contribution in [3.63, 3.8) is 0 Å². The zero-order chi connectivity index (χ0) is 17.4. The molecule has 0 fully saturated rings. The molecule has 140 valence electrons. The first-order valence-corrected chi connectivity index (χ1v) is 6.61. The molecule has 0 saturated carbocycles. The topological polar surface area (TPSA) is 112 Å². The highest BCUT2D eigenvalue weighted by atomic mass is 35.5. The lowest BCUT2D eigenvalue weighted by atomic mass is 10.2. The van der Waals surface area contributed by atoms with Crippen LogP contribution in [-0.4, -0.2) is 39.0 Å². The Hall–Kier alpha value is -2.04. The third-order valence-electron chi connectivity index (χ3n) is 3.34. The quantitative estimate of drug-likeness (QED) is 0.739. The van der Waals surface area contributed by atoms with Gasteiger partial charge >= 0.3 is 5.69 Å². The number of halogens is 4. The molecule has 2 rings (SSSR count). The summed E-state index contributed by atoms with van der Waals surface area (Å²) in [6.45, 7) is -1.83. The van der Waals surface area contributed by atoms with Gasteiger partial charge in [0.1, 0.15) is 11.3 Å². The lowest BCUT2D eigenvalue weighted by molar-refractivity contribution is 0.0118. The Bertz CT molecular complexity index is 898. The predicted molar refractivity (Wildman–Crippen MR) is 93.1 cm³/mol. The van der Waals surface area contributed by atoms with E-state index in [0.717, 1.165) is 9.13 Å². The fourth-order valence-electron chi connectivity index (χ4n) is 1.95. The van der Waals surface area contributed by atoms with Crippen LogP contribution in [0.15, 0.2) is 21.7 Å². The van der Waals surface area contributed by atoms with E-state index < -0.39 is 36.2 Å². The van der Waals surface area contributed by atoms with Crippen LogP contribution in [-0.2, 0) is 14.1 Å². The van der Waals surface area contributed by atoms with Crippen LogP contribution in [0.25, 0.3) is 11.0 Å². The Morgan fingerprint density at radius 3 is 2.40 bits per heavy atom. The number of pyridine rings is 1. The molecule has 2 aromatic rings. The molecular formula is C13H17Cl2F2N5O3. The van der Waals surface area contributed by atoms with Crippen LogP contribution < -0.4 is 22.3 Å². The molecule has 0 aliphatic rings. The van der Waals surface area contributed by atoms with Crippen LogP contribution >= 0.6 is 24.8 Å². The minimum atomic E-state index is -3.23. The highest BCUT2D eigenvalue weighted by molar-refractivity contribution is 5.94. The standard InChI is InChI=1S/C13H15F2N5O3.2ClH/c1-19-9-7(11(22)20(2)12(19)23)3-4-8(18-9)10(21)17-6-13(14,15)5-16;;/h3-4H,5-6,16H2,1-2H3,(H,17,21);2*1H. The van der Waals surface area contributed by atoms with Crippen molar-refractivity contribution in [2.45, 2.75) is 5.92 Å². The van der Waals surface area contributed by atoms with E-state index in [-0.39, 0.29) is 41.5 Å². The zero-order valence-electron chi connectivity index (χ0n) is 13.3. The van der Waals surface area contributed by atoms with Crippen molar-refractivity contribution in [2.75, 3.05) is 13.1 Å². The van der Waals surface area contributed by atoms with E-state index in [1.54, 1.807) is 0 Å². The molecule has 0 unspecified atom stereocenters. The number of rotatable bonds is 4. The first-order chi connectivity index (χ1) is 10.7. The van der Waals surface area contributed by atoms with E-state index >= 15 is 0 Å². The molecule has 25 heavy (non-hydrogen) atoms. The molecule has 0 aliphatic carbocycles. The average Bonchev–Trinajstić information content (AvgIpc) is 2.55. The number of carbonyl (C=O) groups is 1. The maximum Gasteiger partial charge on any atom is 0.332 e. The number of alkyl halides is 2. The minimum Gasteiger partial charge on any atom is -0.345 e. The average molecular weight is 400 g/mol. The van der Waals surface area contributed by atoms with Gasteiger partial charge in [0.2, 0.25) is 0 Å². The molecule has 0 bridgehead atoms. The van der Waals surface area contributed by atoms with Crippen LogP contribution in [0.3, 0.4) is 0 Å². The minimum absolute atomic E-state index is 0. The molecule has 0 saturated heterocycles. The van der Waals surface area contributed by atoms with Crippen molar-refractivity contribution < 1.29 is 13.6 Å². The molecule has 12 heteroatoms. The Kier molecular flexibility index (Phi) is 7.68. The number of fused-ring (bicyclic) bond motifs is 1. The second kappa shape index (κ2) is 8.37. The van der Waals surface area contributed by atoms with Gasteiger partial charge in [-0.05, 0) is 12.1 Å². The van der Waals surface area contributed by atoms with E-state index in [0.29, 0.717) is 0 Å². The monoisotopic (exact) mass is 399 g/mol. The summed E-state index contributed by atoms with van der Waals surface area (Å²) < 4.78 is 28.1. The zero-order valence-corrected chi connectivity index (χ0v) is 14.9. The Balaban J connectivity index is 0.00000288. The van der Waals surface area contributed by atoms with Crippen molar-refractivity contribution in [1.82, 2.24) is 19.4 Å². The maximum absolute atomic E-state index is 13.0. The highest BCUT2D eigenvalue weighted by Gasteiger charge is 2.27. The van der Waals surface area contributed by atoms with Crippen molar-refractivity contribution in [3.8, 4) is 0 Å². The largest absolute Gasteiger partial charge is 0.345 e. The molecule has 0 radical (unpaired) electrons. The number of hydrogen-bond donors (Lipinski definition) is 2. The Morgan fingerprint density at radius 2 is 1.84 bits per heavy atom. The third-order valence-corrected chi connectivity index (χ3v) is 3.34. The molecule has 2 aromatic heterocycles. The van der Waals surface area contributed by atoms with Gasteiger partial charge in [0, 0.05) is 14.1 Å². The van der Waals surface area contributed by atoms with Gasteiger partial charge in [-0.1, -0.05) is 0 Å². The Labute approximate surface area is 152 Å². The molecule has 8 nitrogen and oxygen atoms in total. The van der Waals surface area contributed by atoms with Crippen LogP contribution in [0.2, 0.25) is 0 Å². The maximum atomic E-state index is 13.0. The van der Waals surface area contributed by atoms with Gasteiger partial charge in [0.05, 0.1) is 18.5 Å². The molecule has 0 aromatic carbocycles.